The number of methoxy groups -OCH3 is 2. The minimum absolute atomic E-state index is 0.0285. The van der Waals surface area contributed by atoms with E-state index in [1.807, 2.05) is 24.3 Å². The Labute approximate surface area is 144 Å². The summed E-state index contributed by atoms with van der Waals surface area (Å²) in [6, 6.07) is 12.7. The monoisotopic (exact) mass is 339 g/mol. The van der Waals surface area contributed by atoms with Gasteiger partial charge in [0.1, 0.15) is 17.0 Å². The number of carbonyl (C=O) groups is 1. The number of carbonyl (C=O) groups excluding carboxylic acids is 1. The molecule has 0 fully saturated rings. The molecule has 0 N–H and O–H groups in total. The van der Waals surface area contributed by atoms with Crippen LogP contribution in [0.3, 0.4) is 0 Å². The van der Waals surface area contributed by atoms with Crippen LogP contribution in [0.4, 0.5) is 0 Å². The Kier molecular flexibility index (Phi) is 4.99. The number of esters is 1. The smallest absolute Gasteiger partial charge is 0.331 e. The van der Waals surface area contributed by atoms with Crippen LogP contribution in [-0.2, 0) is 16.1 Å². The van der Waals surface area contributed by atoms with Gasteiger partial charge in [0.25, 0.3) is 0 Å². The summed E-state index contributed by atoms with van der Waals surface area (Å²) in [5.74, 6) is 1.13. The van der Waals surface area contributed by atoms with Crippen molar-refractivity contribution in [2.24, 2.45) is 0 Å². The molecule has 0 spiro atoms. The van der Waals surface area contributed by atoms with Crippen molar-refractivity contribution in [2.75, 3.05) is 14.2 Å². The Bertz CT molecular complexity index is 858. The molecule has 0 radical (unpaired) electrons. The fourth-order valence-electron chi connectivity index (χ4n) is 2.25. The van der Waals surface area contributed by atoms with Crippen LogP contribution in [0.2, 0.25) is 0 Å². The van der Waals surface area contributed by atoms with Gasteiger partial charge in [-0.3, -0.25) is 0 Å². The summed E-state index contributed by atoms with van der Waals surface area (Å²) in [7, 11) is 3.13. The lowest BCUT2D eigenvalue weighted by Gasteiger charge is -2.05. The molecule has 1 aromatic heterocycles. The van der Waals surface area contributed by atoms with Crippen molar-refractivity contribution >= 4 is 23.1 Å². The van der Waals surface area contributed by atoms with E-state index in [0.29, 0.717) is 23.0 Å². The normalized spacial score (nSPS) is 11.0. The van der Waals surface area contributed by atoms with Crippen molar-refractivity contribution < 1.29 is 23.4 Å². The number of hydrogen-bond donors (Lipinski definition) is 0. The molecular weight excluding hydrogens is 322 g/mol. The van der Waals surface area contributed by atoms with Crippen molar-refractivity contribution in [3.8, 4) is 11.5 Å². The summed E-state index contributed by atoms with van der Waals surface area (Å²) < 4.78 is 21.0. The quantitative estimate of drug-likeness (QED) is 0.505. The fourth-order valence-corrected chi connectivity index (χ4v) is 2.25. The molecular formula is C19H17NO5. The van der Waals surface area contributed by atoms with Gasteiger partial charge >= 0.3 is 5.97 Å². The first-order chi connectivity index (χ1) is 12.2. The maximum absolute atomic E-state index is 11.9. The van der Waals surface area contributed by atoms with Crippen LogP contribution in [0.5, 0.6) is 11.5 Å². The van der Waals surface area contributed by atoms with E-state index < -0.39 is 5.97 Å². The average molecular weight is 339 g/mol. The molecule has 0 aliphatic heterocycles. The Hall–Kier alpha value is -3.28. The highest BCUT2D eigenvalue weighted by molar-refractivity contribution is 5.87. The van der Waals surface area contributed by atoms with Crippen molar-refractivity contribution in [1.82, 2.24) is 4.98 Å². The number of hydrogen-bond acceptors (Lipinski definition) is 6. The standard InChI is InChI=1S/C19H17NO5/c1-22-14-9-13(10-15(11-14)23-2)7-8-19(21)24-12-18-20-16-5-3-4-6-17(16)25-18/h3-11H,12H2,1-2H3/b8-7+. The number of nitrogens with zero attached hydrogens (tertiary/aromatic N) is 1. The van der Waals surface area contributed by atoms with Gasteiger partial charge in [0.15, 0.2) is 12.2 Å². The second kappa shape index (κ2) is 7.53. The Morgan fingerprint density at radius 3 is 2.52 bits per heavy atom. The molecule has 3 aromatic rings. The predicted molar refractivity (Wildman–Crippen MR) is 92.4 cm³/mol. The number of aromatic nitrogens is 1. The number of rotatable bonds is 6. The van der Waals surface area contributed by atoms with Gasteiger partial charge in [0, 0.05) is 12.1 Å². The molecule has 0 saturated carbocycles. The third-order valence-corrected chi connectivity index (χ3v) is 3.46. The summed E-state index contributed by atoms with van der Waals surface area (Å²) in [5.41, 5.74) is 2.15. The number of fused-ring (bicyclic) bond motifs is 1. The van der Waals surface area contributed by atoms with Crippen LogP contribution in [0, 0.1) is 0 Å². The molecule has 0 bridgehead atoms. The van der Waals surface area contributed by atoms with Gasteiger partial charge < -0.3 is 18.6 Å². The zero-order chi connectivity index (χ0) is 17.6. The van der Waals surface area contributed by atoms with Crippen LogP contribution in [0.25, 0.3) is 17.2 Å². The molecule has 0 atom stereocenters. The Morgan fingerprint density at radius 2 is 1.84 bits per heavy atom. The third kappa shape index (κ3) is 4.17. The number of benzene rings is 2. The van der Waals surface area contributed by atoms with Crippen LogP contribution in [0.15, 0.2) is 53.0 Å². The fraction of sp³-hybridized carbons (Fsp3) is 0.158. The molecule has 0 saturated heterocycles. The van der Waals surface area contributed by atoms with Gasteiger partial charge in [-0.15, -0.1) is 0 Å². The first-order valence-corrected chi connectivity index (χ1v) is 7.60. The van der Waals surface area contributed by atoms with Crippen molar-refractivity contribution in [1.29, 1.82) is 0 Å². The van der Waals surface area contributed by atoms with Crippen LogP contribution in [0.1, 0.15) is 11.5 Å². The molecule has 0 amide bonds. The van der Waals surface area contributed by atoms with E-state index in [4.69, 9.17) is 18.6 Å². The molecule has 25 heavy (non-hydrogen) atoms. The van der Waals surface area contributed by atoms with E-state index in [-0.39, 0.29) is 6.61 Å². The molecule has 6 nitrogen and oxygen atoms in total. The minimum Gasteiger partial charge on any atom is -0.497 e. The maximum atomic E-state index is 11.9. The lowest BCUT2D eigenvalue weighted by molar-refractivity contribution is -0.139. The van der Waals surface area contributed by atoms with Crippen molar-refractivity contribution in [3.05, 3.63) is 60.0 Å². The number of oxazole rings is 1. The first kappa shape index (κ1) is 16.6. The van der Waals surface area contributed by atoms with Gasteiger partial charge in [-0.1, -0.05) is 12.1 Å². The number of ether oxygens (including phenoxy) is 3. The molecule has 3 rings (SSSR count). The molecule has 1 heterocycles. The first-order valence-electron chi connectivity index (χ1n) is 7.60. The van der Waals surface area contributed by atoms with Crippen molar-refractivity contribution in [2.45, 2.75) is 6.61 Å². The van der Waals surface area contributed by atoms with E-state index >= 15 is 0 Å². The van der Waals surface area contributed by atoms with Crippen LogP contribution >= 0.6 is 0 Å². The van der Waals surface area contributed by atoms with Gasteiger partial charge in [0.2, 0.25) is 5.89 Å². The lowest BCUT2D eigenvalue weighted by atomic mass is 10.2. The average Bonchev–Trinajstić information content (AvgIpc) is 3.07. The van der Waals surface area contributed by atoms with Gasteiger partial charge in [-0.05, 0) is 35.9 Å². The minimum atomic E-state index is -0.496. The summed E-state index contributed by atoms with van der Waals surface area (Å²) in [6.07, 6.45) is 2.95. The predicted octanol–water partition coefficient (Wildman–Crippen LogP) is 3.60. The van der Waals surface area contributed by atoms with Gasteiger partial charge in [0.05, 0.1) is 14.2 Å². The molecule has 0 aliphatic carbocycles. The van der Waals surface area contributed by atoms with Gasteiger partial charge in [-0.25, -0.2) is 9.78 Å². The summed E-state index contributed by atoms with van der Waals surface area (Å²) >= 11 is 0. The van der Waals surface area contributed by atoms with E-state index in [1.54, 1.807) is 38.5 Å². The lowest BCUT2D eigenvalue weighted by Crippen LogP contribution is -2.00. The molecule has 2 aromatic carbocycles. The van der Waals surface area contributed by atoms with E-state index in [2.05, 4.69) is 4.98 Å². The molecule has 128 valence electrons. The Morgan fingerprint density at radius 1 is 1.12 bits per heavy atom. The van der Waals surface area contributed by atoms with Crippen molar-refractivity contribution in [3.63, 3.8) is 0 Å². The summed E-state index contributed by atoms with van der Waals surface area (Å²) in [5, 5.41) is 0. The second-order valence-electron chi connectivity index (χ2n) is 5.16. The molecule has 0 unspecified atom stereocenters. The van der Waals surface area contributed by atoms with E-state index in [1.165, 1.54) is 6.08 Å². The summed E-state index contributed by atoms with van der Waals surface area (Å²) in [6.45, 7) is -0.0285. The largest absolute Gasteiger partial charge is 0.497 e. The third-order valence-electron chi connectivity index (χ3n) is 3.46. The second-order valence-corrected chi connectivity index (χ2v) is 5.16. The highest BCUT2D eigenvalue weighted by Gasteiger charge is 2.07. The highest BCUT2D eigenvalue weighted by Crippen LogP contribution is 2.23. The van der Waals surface area contributed by atoms with Crippen LogP contribution in [-0.4, -0.2) is 25.2 Å². The van der Waals surface area contributed by atoms with Gasteiger partial charge in [-0.2, -0.15) is 0 Å². The number of para-hydroxylation sites is 2. The van der Waals surface area contributed by atoms with E-state index in [9.17, 15) is 4.79 Å². The van der Waals surface area contributed by atoms with Crippen LogP contribution < -0.4 is 9.47 Å². The SMILES string of the molecule is COc1cc(/C=C/C(=O)OCc2nc3ccccc3o2)cc(OC)c1. The maximum Gasteiger partial charge on any atom is 0.331 e. The zero-order valence-electron chi connectivity index (χ0n) is 13.9. The topological polar surface area (TPSA) is 70.8 Å². The Balaban J connectivity index is 1.63. The molecule has 0 aliphatic rings. The van der Waals surface area contributed by atoms with E-state index in [0.717, 1.165) is 11.1 Å². The zero-order valence-corrected chi connectivity index (χ0v) is 13.9. The summed E-state index contributed by atoms with van der Waals surface area (Å²) in [4.78, 5) is 16.1. The molecule has 6 heteroatoms. The highest BCUT2D eigenvalue weighted by atomic mass is 16.5.